The van der Waals surface area contributed by atoms with Crippen molar-refractivity contribution in [2.75, 3.05) is 33.4 Å². The molecule has 1 saturated heterocycles. The van der Waals surface area contributed by atoms with Crippen LogP contribution >= 0.6 is 0 Å². The van der Waals surface area contributed by atoms with Gasteiger partial charge in [0.15, 0.2) is 5.78 Å². The number of methoxy groups -OCH3 is 1. The molecule has 30 heavy (non-hydrogen) atoms. The van der Waals surface area contributed by atoms with Crippen molar-refractivity contribution in [1.82, 2.24) is 4.90 Å². The van der Waals surface area contributed by atoms with Crippen LogP contribution in [0, 0.1) is 0 Å². The highest BCUT2D eigenvalue weighted by atomic mass is 16.5. The first-order valence-corrected chi connectivity index (χ1v) is 10.4. The normalized spacial score (nSPS) is 17.1. The fraction of sp³-hybridized carbons (Fsp3) is 0.458. The molecule has 2 unspecified atom stereocenters. The molecule has 1 aliphatic heterocycles. The minimum absolute atomic E-state index is 0.0109. The zero-order valence-corrected chi connectivity index (χ0v) is 17.8. The first-order chi connectivity index (χ1) is 14.5. The van der Waals surface area contributed by atoms with Crippen molar-refractivity contribution in [3.63, 3.8) is 0 Å². The second kappa shape index (κ2) is 11.1. The molecular weight excluding hydrogens is 382 g/mol. The zero-order valence-electron chi connectivity index (χ0n) is 17.8. The fourth-order valence-electron chi connectivity index (χ4n) is 3.62. The van der Waals surface area contributed by atoms with Crippen LogP contribution in [0.1, 0.15) is 35.7 Å². The average Bonchev–Trinajstić information content (AvgIpc) is 3.26. The predicted molar refractivity (Wildman–Crippen MR) is 115 cm³/mol. The highest BCUT2D eigenvalue weighted by molar-refractivity contribution is 5.94. The van der Waals surface area contributed by atoms with Crippen LogP contribution in [0.5, 0.6) is 11.5 Å². The minimum Gasteiger partial charge on any atom is -0.497 e. The summed E-state index contributed by atoms with van der Waals surface area (Å²) in [5.74, 6) is 1.40. The predicted octanol–water partition coefficient (Wildman–Crippen LogP) is 3.32. The molecule has 0 aromatic heterocycles. The number of hydrogen-bond acceptors (Lipinski definition) is 6. The summed E-state index contributed by atoms with van der Waals surface area (Å²) in [5.41, 5.74) is 1.75. The van der Waals surface area contributed by atoms with Crippen molar-refractivity contribution in [1.29, 1.82) is 0 Å². The molecular formula is C24H31NO5. The quantitative estimate of drug-likeness (QED) is 0.570. The number of carbonyl (C=O) groups is 1. The Morgan fingerprint density at radius 1 is 1.23 bits per heavy atom. The molecule has 0 radical (unpaired) electrons. The van der Waals surface area contributed by atoms with Crippen molar-refractivity contribution in [2.24, 2.45) is 0 Å². The number of aliphatic hydroxyl groups excluding tert-OH is 1. The SMILES string of the molecule is COc1ccc(CN(CC(O)COc2cccc(C(C)=O)c2)CC2CCCO2)cc1. The van der Waals surface area contributed by atoms with Gasteiger partial charge in [-0.2, -0.15) is 0 Å². The van der Waals surface area contributed by atoms with Gasteiger partial charge >= 0.3 is 0 Å². The van der Waals surface area contributed by atoms with E-state index in [9.17, 15) is 9.90 Å². The molecule has 2 atom stereocenters. The lowest BCUT2D eigenvalue weighted by Crippen LogP contribution is -2.39. The van der Waals surface area contributed by atoms with Gasteiger partial charge in [0.25, 0.3) is 0 Å². The number of aliphatic hydroxyl groups is 1. The van der Waals surface area contributed by atoms with Gasteiger partial charge < -0.3 is 19.3 Å². The van der Waals surface area contributed by atoms with Crippen LogP contribution < -0.4 is 9.47 Å². The molecule has 2 aromatic rings. The number of rotatable bonds is 11. The highest BCUT2D eigenvalue weighted by Gasteiger charge is 2.21. The summed E-state index contributed by atoms with van der Waals surface area (Å²) in [5, 5.41) is 10.6. The Morgan fingerprint density at radius 3 is 2.70 bits per heavy atom. The lowest BCUT2D eigenvalue weighted by atomic mass is 10.1. The maximum absolute atomic E-state index is 11.5. The lowest BCUT2D eigenvalue weighted by molar-refractivity contribution is 0.0313. The van der Waals surface area contributed by atoms with Crippen LogP contribution in [0.3, 0.4) is 0 Å². The van der Waals surface area contributed by atoms with Gasteiger partial charge in [0, 0.05) is 31.8 Å². The monoisotopic (exact) mass is 413 g/mol. The van der Waals surface area contributed by atoms with Crippen molar-refractivity contribution in [3.8, 4) is 11.5 Å². The van der Waals surface area contributed by atoms with E-state index in [0.29, 0.717) is 24.4 Å². The van der Waals surface area contributed by atoms with Gasteiger partial charge in [0.1, 0.15) is 24.2 Å². The smallest absolute Gasteiger partial charge is 0.159 e. The molecule has 162 valence electrons. The topological polar surface area (TPSA) is 68.2 Å². The Morgan fingerprint density at radius 2 is 2.03 bits per heavy atom. The van der Waals surface area contributed by atoms with Gasteiger partial charge in [-0.1, -0.05) is 24.3 Å². The van der Waals surface area contributed by atoms with Crippen LogP contribution in [0.25, 0.3) is 0 Å². The summed E-state index contributed by atoms with van der Waals surface area (Å²) in [6.07, 6.45) is 1.66. The van der Waals surface area contributed by atoms with Crippen LogP contribution in [0.2, 0.25) is 0 Å². The molecule has 0 bridgehead atoms. The molecule has 1 aliphatic rings. The minimum atomic E-state index is -0.661. The third-order valence-corrected chi connectivity index (χ3v) is 5.20. The molecule has 0 spiro atoms. The first-order valence-electron chi connectivity index (χ1n) is 10.4. The second-order valence-electron chi connectivity index (χ2n) is 7.73. The standard InChI is InChI=1S/C24H31NO5/c1-18(26)20-5-3-6-23(13-20)30-17-21(27)15-25(16-24-7-4-12-29-24)14-19-8-10-22(28-2)11-9-19/h3,5-6,8-11,13,21,24,27H,4,7,12,14-17H2,1-2H3. The average molecular weight is 414 g/mol. The Hall–Kier alpha value is -2.41. The Bertz CT molecular complexity index is 801. The van der Waals surface area contributed by atoms with Crippen molar-refractivity contribution in [3.05, 3.63) is 59.7 Å². The molecule has 2 aromatic carbocycles. The number of benzene rings is 2. The summed E-state index contributed by atoms with van der Waals surface area (Å²) >= 11 is 0. The summed E-state index contributed by atoms with van der Waals surface area (Å²) in [7, 11) is 1.65. The summed E-state index contributed by atoms with van der Waals surface area (Å²) in [4.78, 5) is 13.7. The zero-order chi connectivity index (χ0) is 21.3. The number of hydrogen-bond donors (Lipinski definition) is 1. The van der Waals surface area contributed by atoms with E-state index in [4.69, 9.17) is 14.2 Å². The van der Waals surface area contributed by atoms with Crippen molar-refractivity contribution in [2.45, 2.75) is 38.5 Å². The molecule has 0 amide bonds. The van der Waals surface area contributed by atoms with Gasteiger partial charge in [-0.05, 0) is 49.6 Å². The molecule has 3 rings (SSSR count). The van der Waals surface area contributed by atoms with Crippen LogP contribution in [0.15, 0.2) is 48.5 Å². The summed E-state index contributed by atoms with van der Waals surface area (Å²) < 4.78 is 16.8. The van der Waals surface area contributed by atoms with Crippen LogP contribution in [0.4, 0.5) is 0 Å². The highest BCUT2D eigenvalue weighted by Crippen LogP contribution is 2.18. The second-order valence-corrected chi connectivity index (χ2v) is 7.73. The maximum Gasteiger partial charge on any atom is 0.159 e. The van der Waals surface area contributed by atoms with E-state index in [2.05, 4.69) is 4.90 Å². The Balaban J connectivity index is 1.57. The largest absolute Gasteiger partial charge is 0.497 e. The van der Waals surface area contributed by atoms with E-state index >= 15 is 0 Å². The van der Waals surface area contributed by atoms with Crippen LogP contribution in [-0.4, -0.2) is 61.4 Å². The third-order valence-electron chi connectivity index (χ3n) is 5.20. The Kier molecular flexibility index (Phi) is 8.25. The number of ketones is 1. The number of carbonyl (C=O) groups excluding carboxylic acids is 1. The maximum atomic E-state index is 11.5. The van der Waals surface area contributed by atoms with Crippen molar-refractivity contribution >= 4 is 5.78 Å². The van der Waals surface area contributed by atoms with Crippen molar-refractivity contribution < 1.29 is 24.1 Å². The first kappa shape index (κ1) is 22.3. The molecule has 6 heteroatoms. The van der Waals surface area contributed by atoms with E-state index in [1.165, 1.54) is 6.92 Å². The molecule has 1 heterocycles. The van der Waals surface area contributed by atoms with Gasteiger partial charge in [-0.3, -0.25) is 9.69 Å². The fourth-order valence-corrected chi connectivity index (χ4v) is 3.62. The van der Waals surface area contributed by atoms with E-state index in [1.54, 1.807) is 31.4 Å². The van der Waals surface area contributed by atoms with Crippen LogP contribution in [-0.2, 0) is 11.3 Å². The van der Waals surface area contributed by atoms with E-state index < -0.39 is 6.10 Å². The molecule has 6 nitrogen and oxygen atoms in total. The summed E-state index contributed by atoms with van der Waals surface area (Å²) in [6, 6.07) is 15.0. The summed E-state index contributed by atoms with van der Waals surface area (Å²) in [6.45, 7) is 4.43. The van der Waals surface area contributed by atoms with Gasteiger partial charge in [0.05, 0.1) is 13.2 Å². The lowest BCUT2D eigenvalue weighted by Gasteiger charge is -2.27. The van der Waals surface area contributed by atoms with Gasteiger partial charge in [0.2, 0.25) is 0 Å². The number of Topliss-reactive ketones (excluding diaryl/α,β-unsaturated/α-hetero) is 1. The van der Waals surface area contributed by atoms with Gasteiger partial charge in [-0.25, -0.2) is 0 Å². The molecule has 1 N–H and O–H groups in total. The van der Waals surface area contributed by atoms with E-state index in [0.717, 1.165) is 37.3 Å². The third kappa shape index (κ3) is 6.83. The van der Waals surface area contributed by atoms with Gasteiger partial charge in [-0.15, -0.1) is 0 Å². The molecule has 0 aliphatic carbocycles. The van der Waals surface area contributed by atoms with E-state index in [1.807, 2.05) is 24.3 Å². The Labute approximate surface area is 178 Å². The number of nitrogens with zero attached hydrogens (tertiary/aromatic N) is 1. The number of ether oxygens (including phenoxy) is 3. The van der Waals surface area contributed by atoms with E-state index in [-0.39, 0.29) is 18.5 Å². The molecule has 1 fully saturated rings. The molecule has 0 saturated carbocycles.